The molecule has 0 aliphatic heterocycles. The number of nitro groups is 1. The highest BCUT2D eigenvalue weighted by molar-refractivity contribution is 6.32. The number of carbonyl (C=O) groups is 2. The molecule has 10 heteroatoms. The first kappa shape index (κ1) is 20.0. The SMILES string of the molecule is COc1ccc(NC(=O)CC(C)=O)c(N=Nc2ccc([N+](=O)[O-])c(Cl)c2)c1. The number of nitro benzene ring substituents is 1. The lowest BCUT2D eigenvalue weighted by molar-refractivity contribution is -0.384. The average Bonchev–Trinajstić information content (AvgIpc) is 2.59. The molecular weight excluding hydrogens is 376 g/mol. The molecule has 140 valence electrons. The number of nitrogens with one attached hydrogen (secondary N) is 1. The monoisotopic (exact) mass is 390 g/mol. The normalized spacial score (nSPS) is 10.6. The van der Waals surface area contributed by atoms with Gasteiger partial charge < -0.3 is 10.1 Å². The van der Waals surface area contributed by atoms with Crippen molar-refractivity contribution in [2.24, 2.45) is 10.2 Å². The lowest BCUT2D eigenvalue weighted by Gasteiger charge is -2.08. The maximum atomic E-state index is 11.8. The Kier molecular flexibility index (Phi) is 6.56. The van der Waals surface area contributed by atoms with Gasteiger partial charge in [-0.05, 0) is 31.2 Å². The number of methoxy groups -OCH3 is 1. The third kappa shape index (κ3) is 5.58. The fourth-order valence-corrected chi connectivity index (χ4v) is 2.31. The van der Waals surface area contributed by atoms with Gasteiger partial charge in [0.15, 0.2) is 0 Å². The van der Waals surface area contributed by atoms with Crippen molar-refractivity contribution in [3.05, 3.63) is 51.5 Å². The Bertz CT molecular complexity index is 930. The molecule has 2 aromatic carbocycles. The van der Waals surface area contributed by atoms with Crippen LogP contribution in [-0.2, 0) is 9.59 Å². The molecule has 0 radical (unpaired) electrons. The molecule has 9 nitrogen and oxygen atoms in total. The molecule has 0 aliphatic carbocycles. The lowest BCUT2D eigenvalue weighted by Crippen LogP contribution is -2.14. The summed E-state index contributed by atoms with van der Waals surface area (Å²) in [6, 6.07) is 8.63. The van der Waals surface area contributed by atoms with Crippen molar-refractivity contribution in [1.29, 1.82) is 0 Å². The van der Waals surface area contributed by atoms with E-state index in [9.17, 15) is 19.7 Å². The van der Waals surface area contributed by atoms with Crippen LogP contribution in [0.15, 0.2) is 46.6 Å². The van der Waals surface area contributed by atoms with E-state index in [0.29, 0.717) is 11.4 Å². The van der Waals surface area contributed by atoms with E-state index in [-0.39, 0.29) is 34.3 Å². The van der Waals surface area contributed by atoms with Gasteiger partial charge in [0.1, 0.15) is 22.2 Å². The second-order valence-electron chi connectivity index (χ2n) is 5.40. The number of ether oxygens (including phenoxy) is 1. The highest BCUT2D eigenvalue weighted by Gasteiger charge is 2.13. The van der Waals surface area contributed by atoms with Gasteiger partial charge in [0.25, 0.3) is 5.69 Å². The van der Waals surface area contributed by atoms with E-state index >= 15 is 0 Å². The summed E-state index contributed by atoms with van der Waals surface area (Å²) in [5.41, 5.74) is 0.656. The maximum absolute atomic E-state index is 11.8. The summed E-state index contributed by atoms with van der Waals surface area (Å²) in [5.74, 6) is -0.276. The van der Waals surface area contributed by atoms with Gasteiger partial charge in [-0.15, -0.1) is 5.11 Å². The zero-order chi connectivity index (χ0) is 20.0. The van der Waals surface area contributed by atoms with Crippen molar-refractivity contribution in [1.82, 2.24) is 0 Å². The standard InChI is InChI=1S/C17H15ClN4O5/c1-10(23)7-17(24)19-14-5-4-12(27-2)9-15(14)21-20-11-3-6-16(22(25)26)13(18)8-11/h3-6,8-9H,7H2,1-2H3,(H,19,24). The Morgan fingerprint density at radius 2 is 1.96 bits per heavy atom. The Morgan fingerprint density at radius 3 is 2.56 bits per heavy atom. The first-order valence-corrected chi connectivity index (χ1v) is 8.01. The number of azo groups is 1. The van der Waals surface area contributed by atoms with Gasteiger partial charge in [-0.2, -0.15) is 5.11 Å². The van der Waals surface area contributed by atoms with E-state index in [1.54, 1.807) is 18.2 Å². The number of anilines is 1. The molecule has 0 heterocycles. The number of nitrogens with zero attached hydrogens (tertiary/aromatic N) is 3. The molecule has 0 aliphatic rings. The number of amides is 1. The predicted molar refractivity (Wildman–Crippen MR) is 99.2 cm³/mol. The van der Waals surface area contributed by atoms with Gasteiger partial charge in [-0.1, -0.05) is 11.6 Å². The van der Waals surface area contributed by atoms with E-state index in [1.165, 1.54) is 32.2 Å². The number of benzene rings is 2. The van der Waals surface area contributed by atoms with Crippen molar-refractivity contribution in [3.8, 4) is 5.75 Å². The van der Waals surface area contributed by atoms with Crippen LogP contribution < -0.4 is 10.1 Å². The topological polar surface area (TPSA) is 123 Å². The Labute approximate surface area is 159 Å². The molecule has 0 aromatic heterocycles. The number of rotatable bonds is 7. The molecule has 0 unspecified atom stereocenters. The molecule has 1 N–H and O–H groups in total. The van der Waals surface area contributed by atoms with Crippen LogP contribution in [0.25, 0.3) is 0 Å². The molecule has 27 heavy (non-hydrogen) atoms. The summed E-state index contributed by atoms with van der Waals surface area (Å²) in [4.78, 5) is 33.1. The summed E-state index contributed by atoms with van der Waals surface area (Å²) in [6.07, 6.45) is -0.263. The number of ketones is 1. The van der Waals surface area contributed by atoms with Gasteiger partial charge in [-0.25, -0.2) is 0 Å². The minimum Gasteiger partial charge on any atom is -0.497 e. The van der Waals surface area contributed by atoms with Gasteiger partial charge >= 0.3 is 0 Å². The Hall–Kier alpha value is -3.33. The molecule has 2 aromatic rings. The molecule has 1 amide bonds. The van der Waals surface area contributed by atoms with Gasteiger partial charge in [0.05, 0.1) is 29.8 Å². The van der Waals surface area contributed by atoms with Crippen molar-refractivity contribution in [2.75, 3.05) is 12.4 Å². The average molecular weight is 391 g/mol. The summed E-state index contributed by atoms with van der Waals surface area (Å²) in [7, 11) is 1.47. The number of carbonyl (C=O) groups excluding carboxylic acids is 2. The molecule has 0 saturated carbocycles. The van der Waals surface area contributed by atoms with E-state index in [4.69, 9.17) is 16.3 Å². The van der Waals surface area contributed by atoms with Crippen LogP contribution >= 0.6 is 11.6 Å². The summed E-state index contributed by atoms with van der Waals surface area (Å²) < 4.78 is 5.13. The van der Waals surface area contributed by atoms with Crippen molar-refractivity contribution < 1.29 is 19.2 Å². The highest BCUT2D eigenvalue weighted by Crippen LogP contribution is 2.33. The first-order chi connectivity index (χ1) is 12.8. The van der Waals surface area contributed by atoms with Crippen LogP contribution in [0.5, 0.6) is 5.75 Å². The number of hydrogen-bond donors (Lipinski definition) is 1. The predicted octanol–water partition coefficient (Wildman–Crippen LogP) is 4.59. The van der Waals surface area contributed by atoms with Crippen LogP contribution in [0.3, 0.4) is 0 Å². The van der Waals surface area contributed by atoms with Crippen LogP contribution in [0.1, 0.15) is 13.3 Å². The molecule has 0 atom stereocenters. The molecule has 0 spiro atoms. The fraction of sp³-hybridized carbons (Fsp3) is 0.176. The second kappa shape index (κ2) is 8.86. The molecule has 0 saturated heterocycles. The molecule has 0 fully saturated rings. The van der Waals surface area contributed by atoms with E-state index in [2.05, 4.69) is 15.5 Å². The molecule has 2 rings (SSSR count). The zero-order valence-corrected chi connectivity index (χ0v) is 15.2. The maximum Gasteiger partial charge on any atom is 0.288 e. The summed E-state index contributed by atoms with van der Waals surface area (Å²) in [5, 5.41) is 21.3. The van der Waals surface area contributed by atoms with E-state index in [0.717, 1.165) is 0 Å². The largest absolute Gasteiger partial charge is 0.497 e. The summed E-state index contributed by atoms with van der Waals surface area (Å²) in [6.45, 7) is 1.31. The van der Waals surface area contributed by atoms with Crippen LogP contribution in [0.2, 0.25) is 5.02 Å². The third-order valence-corrected chi connectivity index (χ3v) is 3.59. The molecular formula is C17H15ClN4O5. The Balaban J connectivity index is 2.31. The highest BCUT2D eigenvalue weighted by atomic mass is 35.5. The van der Waals surface area contributed by atoms with Gasteiger partial charge in [0.2, 0.25) is 5.91 Å². The van der Waals surface area contributed by atoms with Crippen LogP contribution in [0, 0.1) is 10.1 Å². The van der Waals surface area contributed by atoms with E-state index in [1.807, 2.05) is 0 Å². The van der Waals surface area contributed by atoms with Crippen molar-refractivity contribution >= 4 is 46.0 Å². The van der Waals surface area contributed by atoms with E-state index < -0.39 is 10.8 Å². The van der Waals surface area contributed by atoms with Gasteiger partial charge in [-0.3, -0.25) is 19.7 Å². The number of Topliss-reactive ketones (excluding diaryl/α,β-unsaturated/α-hetero) is 1. The minimum absolute atomic E-state index is 0.0722. The third-order valence-electron chi connectivity index (χ3n) is 3.29. The van der Waals surface area contributed by atoms with Crippen molar-refractivity contribution in [3.63, 3.8) is 0 Å². The number of halogens is 1. The van der Waals surface area contributed by atoms with Gasteiger partial charge in [0, 0.05) is 12.1 Å². The Morgan fingerprint density at radius 1 is 1.22 bits per heavy atom. The lowest BCUT2D eigenvalue weighted by atomic mass is 10.2. The van der Waals surface area contributed by atoms with Crippen LogP contribution in [0.4, 0.5) is 22.7 Å². The van der Waals surface area contributed by atoms with Crippen molar-refractivity contribution in [2.45, 2.75) is 13.3 Å². The smallest absolute Gasteiger partial charge is 0.288 e. The zero-order valence-electron chi connectivity index (χ0n) is 14.4. The second-order valence-corrected chi connectivity index (χ2v) is 5.81. The van der Waals surface area contributed by atoms with Crippen LogP contribution in [-0.4, -0.2) is 23.7 Å². The first-order valence-electron chi connectivity index (χ1n) is 7.63. The number of hydrogen-bond acceptors (Lipinski definition) is 7. The molecule has 0 bridgehead atoms. The quantitative estimate of drug-likeness (QED) is 0.320. The fourth-order valence-electron chi connectivity index (χ4n) is 2.07. The minimum atomic E-state index is -0.603. The summed E-state index contributed by atoms with van der Waals surface area (Å²) >= 11 is 5.85.